The zero-order valence-electron chi connectivity index (χ0n) is 31.5. The second kappa shape index (κ2) is 21.5. The molecule has 0 atom stereocenters. The molecule has 0 heterocycles. The van der Waals surface area contributed by atoms with E-state index >= 15 is 0 Å². The molecule has 0 heteroatoms. The maximum absolute atomic E-state index is 3.45. The lowest BCUT2D eigenvalue weighted by molar-refractivity contribution is 0.558. The number of hydrogen-bond acceptors (Lipinski definition) is 0. The minimum absolute atomic E-state index is 1.000. The zero-order valence-corrected chi connectivity index (χ0v) is 31.5. The van der Waals surface area contributed by atoms with Crippen LogP contribution in [0.4, 0.5) is 0 Å². The highest BCUT2D eigenvalue weighted by Gasteiger charge is 2.08. The van der Waals surface area contributed by atoms with Gasteiger partial charge in [0.2, 0.25) is 0 Å². The summed E-state index contributed by atoms with van der Waals surface area (Å²) in [5.74, 6) is 13.8. The van der Waals surface area contributed by atoms with Crippen molar-refractivity contribution in [1.82, 2.24) is 0 Å². The smallest absolute Gasteiger partial charge is 0.0251 e. The molecule has 0 bridgehead atoms. The van der Waals surface area contributed by atoms with E-state index in [2.05, 4.69) is 110 Å². The molecule has 0 aliphatic heterocycles. The van der Waals surface area contributed by atoms with E-state index in [1.807, 2.05) is 0 Å². The molecule has 0 N–H and O–H groups in total. The van der Waals surface area contributed by atoms with Crippen molar-refractivity contribution < 1.29 is 0 Å². The van der Waals surface area contributed by atoms with Gasteiger partial charge in [-0.25, -0.2) is 0 Å². The topological polar surface area (TPSA) is 0 Å². The van der Waals surface area contributed by atoms with Crippen molar-refractivity contribution in [3.63, 3.8) is 0 Å². The summed E-state index contributed by atoms with van der Waals surface area (Å²) in [6.07, 6.45) is 29.4. The third-order valence-electron chi connectivity index (χ3n) is 10.6. The monoisotopic (exact) mass is 662 g/mol. The van der Waals surface area contributed by atoms with Crippen LogP contribution in [0.15, 0.2) is 72.8 Å². The number of fused-ring (bicyclic) bond motifs is 7. The molecule has 0 saturated heterocycles. The molecule has 0 fully saturated rings. The van der Waals surface area contributed by atoms with E-state index in [4.69, 9.17) is 0 Å². The average molecular weight is 663 g/mol. The van der Waals surface area contributed by atoms with E-state index in [-0.39, 0.29) is 0 Å². The van der Waals surface area contributed by atoms with Crippen molar-refractivity contribution in [2.75, 3.05) is 0 Å². The van der Waals surface area contributed by atoms with Gasteiger partial charge in [0.25, 0.3) is 0 Å². The lowest BCUT2D eigenvalue weighted by atomic mass is 9.93. The molecule has 5 aromatic rings. The minimum atomic E-state index is 1.000. The number of unbranched alkanes of at least 4 members (excludes halogenated alkanes) is 20. The van der Waals surface area contributed by atoms with Crippen LogP contribution in [0.25, 0.3) is 43.1 Å². The second-order valence-electron chi connectivity index (χ2n) is 14.7. The van der Waals surface area contributed by atoms with Crippen LogP contribution in [-0.4, -0.2) is 0 Å². The summed E-state index contributed by atoms with van der Waals surface area (Å²) in [5.41, 5.74) is 2.25. The first-order valence-electron chi connectivity index (χ1n) is 20.6. The summed E-state index contributed by atoms with van der Waals surface area (Å²) in [6, 6.07) is 27.3. The molecule has 0 saturated carbocycles. The molecule has 0 nitrogen and oxygen atoms in total. The van der Waals surface area contributed by atoms with E-state index < -0.39 is 0 Å². The number of benzene rings is 5. The van der Waals surface area contributed by atoms with Crippen LogP contribution in [0.2, 0.25) is 0 Å². The lowest BCUT2D eigenvalue weighted by Gasteiger charge is -2.10. The Morgan fingerprint density at radius 2 is 0.620 bits per heavy atom. The summed E-state index contributed by atoms with van der Waals surface area (Å²) in [6.45, 7) is 4.58. The van der Waals surface area contributed by atoms with E-state index in [1.54, 1.807) is 0 Å². The fourth-order valence-electron chi connectivity index (χ4n) is 7.59. The summed E-state index contributed by atoms with van der Waals surface area (Å²) in [7, 11) is 0. The molecule has 262 valence electrons. The predicted molar refractivity (Wildman–Crippen MR) is 223 cm³/mol. The first kappa shape index (κ1) is 37.5. The Hall–Kier alpha value is -3.74. The van der Waals surface area contributed by atoms with Crippen LogP contribution in [0.3, 0.4) is 0 Å². The van der Waals surface area contributed by atoms with Gasteiger partial charge in [-0.05, 0) is 80.2 Å². The van der Waals surface area contributed by atoms with Crippen molar-refractivity contribution in [1.29, 1.82) is 0 Å². The van der Waals surface area contributed by atoms with Crippen molar-refractivity contribution >= 4 is 43.1 Å². The Kier molecular flexibility index (Phi) is 16.1. The van der Waals surface area contributed by atoms with Crippen LogP contribution < -0.4 is 0 Å². The Morgan fingerprint density at radius 3 is 1.00 bits per heavy atom. The highest BCUT2D eigenvalue weighted by Crippen LogP contribution is 2.35. The van der Waals surface area contributed by atoms with Gasteiger partial charge >= 0.3 is 0 Å². The lowest BCUT2D eigenvalue weighted by Crippen LogP contribution is -1.85. The first-order chi connectivity index (χ1) is 24.8. The fourth-order valence-corrected chi connectivity index (χ4v) is 7.59. The van der Waals surface area contributed by atoms with Crippen LogP contribution in [0.5, 0.6) is 0 Å². The van der Waals surface area contributed by atoms with Crippen molar-refractivity contribution in [3.05, 3.63) is 83.9 Å². The van der Waals surface area contributed by atoms with Gasteiger partial charge in [0, 0.05) is 24.0 Å². The van der Waals surface area contributed by atoms with Crippen molar-refractivity contribution in [2.45, 2.75) is 155 Å². The maximum Gasteiger partial charge on any atom is 0.0251 e. The Bertz CT molecular complexity index is 1760. The largest absolute Gasteiger partial charge is 0.0979 e. The molecule has 0 aromatic heterocycles. The number of rotatable bonds is 20. The predicted octanol–water partition coefficient (Wildman–Crippen LogP) is 15.6. The van der Waals surface area contributed by atoms with Gasteiger partial charge in [-0.1, -0.05) is 202 Å². The summed E-state index contributed by atoms with van der Waals surface area (Å²) in [4.78, 5) is 0. The molecular weight excluding hydrogens is 601 g/mol. The molecule has 0 spiro atoms. The highest BCUT2D eigenvalue weighted by atomic mass is 14.1. The van der Waals surface area contributed by atoms with Crippen molar-refractivity contribution in [2.24, 2.45) is 0 Å². The second-order valence-corrected chi connectivity index (χ2v) is 14.7. The first-order valence-corrected chi connectivity index (χ1v) is 20.6. The van der Waals surface area contributed by atoms with Crippen LogP contribution in [0.1, 0.15) is 166 Å². The quantitative estimate of drug-likeness (QED) is 0.0442. The van der Waals surface area contributed by atoms with Gasteiger partial charge in [0.05, 0.1) is 0 Å². The standard InChI is InChI=1S/C50H62/c1-3-5-7-9-11-13-15-17-19-21-23-25-27-41-29-33-45-43(39-41)31-35-49-47(45)37-38-48-46-34-30-42(40-44(46)32-36-50(48)49)28-26-24-22-20-18-16-14-12-10-8-6-4-2/h29-40H,3-24H2,1-2H3. The van der Waals surface area contributed by atoms with Gasteiger partial charge in [0.15, 0.2) is 0 Å². The van der Waals surface area contributed by atoms with Crippen molar-refractivity contribution in [3.8, 4) is 23.7 Å². The van der Waals surface area contributed by atoms with Gasteiger partial charge < -0.3 is 0 Å². The Labute approximate surface area is 304 Å². The SMILES string of the molecule is CCCCCCCCCCCCC#Cc1ccc2c(ccc3c2ccc2c4ccc(C#CCCCCCCCCCCCC)cc4ccc23)c1. The van der Waals surface area contributed by atoms with E-state index in [1.165, 1.54) is 172 Å². The van der Waals surface area contributed by atoms with E-state index in [0.29, 0.717) is 0 Å². The molecule has 50 heavy (non-hydrogen) atoms. The fraction of sp³-hybridized carbons (Fsp3) is 0.480. The van der Waals surface area contributed by atoms with Gasteiger partial charge in [-0.15, -0.1) is 0 Å². The summed E-state index contributed by atoms with van der Waals surface area (Å²) < 4.78 is 0. The molecule has 0 unspecified atom stereocenters. The van der Waals surface area contributed by atoms with Gasteiger partial charge in [-0.2, -0.15) is 0 Å². The zero-order chi connectivity index (χ0) is 34.6. The Morgan fingerprint density at radius 1 is 0.320 bits per heavy atom. The normalized spacial score (nSPS) is 11.2. The third kappa shape index (κ3) is 11.4. The molecule has 0 aliphatic carbocycles. The summed E-state index contributed by atoms with van der Waals surface area (Å²) >= 11 is 0. The van der Waals surface area contributed by atoms with Crippen LogP contribution in [-0.2, 0) is 0 Å². The molecule has 0 amide bonds. The highest BCUT2D eigenvalue weighted by molar-refractivity contribution is 6.22. The maximum atomic E-state index is 3.45. The van der Waals surface area contributed by atoms with Gasteiger partial charge in [0.1, 0.15) is 0 Å². The van der Waals surface area contributed by atoms with E-state index in [0.717, 1.165) is 24.0 Å². The molecule has 5 rings (SSSR count). The molecule has 0 aliphatic rings. The molecule has 5 aromatic carbocycles. The van der Waals surface area contributed by atoms with Crippen LogP contribution >= 0.6 is 0 Å². The average Bonchev–Trinajstić information content (AvgIpc) is 3.15. The molecule has 0 radical (unpaired) electrons. The number of hydrogen-bond donors (Lipinski definition) is 0. The minimum Gasteiger partial charge on any atom is -0.0979 e. The third-order valence-corrected chi connectivity index (χ3v) is 10.6. The summed E-state index contributed by atoms with van der Waals surface area (Å²) in [5, 5.41) is 10.4. The Balaban J connectivity index is 1.13. The van der Waals surface area contributed by atoms with E-state index in [9.17, 15) is 0 Å². The molecular formula is C50H62. The van der Waals surface area contributed by atoms with Gasteiger partial charge in [-0.3, -0.25) is 0 Å². The van der Waals surface area contributed by atoms with Crippen LogP contribution in [0, 0.1) is 23.7 Å².